The largest absolute Gasteiger partial charge is 0.330 e. The fourth-order valence-corrected chi connectivity index (χ4v) is 2.77. The Labute approximate surface area is 131 Å². The fourth-order valence-electron chi connectivity index (χ4n) is 2.02. The molecule has 0 bridgehead atoms. The minimum atomic E-state index is -1.08. The molecule has 0 saturated carbocycles. The summed E-state index contributed by atoms with van der Waals surface area (Å²) in [5.74, 6) is -0.220. The second-order valence-corrected chi connectivity index (χ2v) is 6.26. The SMILES string of the molecule is C[S@@](=O)C[C@@H](NC(=O)Nc1ccccc1F)c1ccccc1. The number of para-hydroxylation sites is 1. The molecule has 0 aromatic heterocycles. The molecule has 6 heteroatoms. The van der Waals surface area contributed by atoms with Crippen molar-refractivity contribution in [2.45, 2.75) is 6.04 Å². The zero-order chi connectivity index (χ0) is 15.9. The van der Waals surface area contributed by atoms with Crippen molar-refractivity contribution in [3.05, 3.63) is 66.0 Å². The highest BCUT2D eigenvalue weighted by Gasteiger charge is 2.16. The molecule has 0 unspecified atom stereocenters. The number of urea groups is 1. The normalized spacial score (nSPS) is 13.2. The Morgan fingerprint density at radius 3 is 2.41 bits per heavy atom. The van der Waals surface area contributed by atoms with Crippen molar-refractivity contribution in [3.8, 4) is 0 Å². The van der Waals surface area contributed by atoms with E-state index >= 15 is 0 Å². The minimum absolute atomic E-state index is 0.101. The lowest BCUT2D eigenvalue weighted by Crippen LogP contribution is -2.35. The van der Waals surface area contributed by atoms with Gasteiger partial charge in [0.15, 0.2) is 0 Å². The van der Waals surface area contributed by atoms with Crippen LogP contribution < -0.4 is 10.6 Å². The number of rotatable bonds is 5. The van der Waals surface area contributed by atoms with Crippen molar-refractivity contribution in [1.82, 2.24) is 5.32 Å². The Bertz CT molecular complexity index is 664. The maximum absolute atomic E-state index is 13.5. The lowest BCUT2D eigenvalue weighted by molar-refractivity contribution is 0.249. The van der Waals surface area contributed by atoms with Gasteiger partial charge in [-0.1, -0.05) is 42.5 Å². The number of hydrogen-bond donors (Lipinski definition) is 2. The van der Waals surface area contributed by atoms with Gasteiger partial charge in [0.1, 0.15) is 5.82 Å². The van der Waals surface area contributed by atoms with Crippen LogP contribution >= 0.6 is 0 Å². The van der Waals surface area contributed by atoms with Gasteiger partial charge in [-0.3, -0.25) is 4.21 Å². The number of halogens is 1. The Morgan fingerprint density at radius 2 is 1.77 bits per heavy atom. The van der Waals surface area contributed by atoms with Gasteiger partial charge in [0, 0.05) is 22.8 Å². The van der Waals surface area contributed by atoms with Gasteiger partial charge in [0.25, 0.3) is 0 Å². The van der Waals surface area contributed by atoms with Crippen LogP contribution in [-0.4, -0.2) is 22.2 Å². The van der Waals surface area contributed by atoms with Gasteiger partial charge >= 0.3 is 6.03 Å². The molecule has 2 aromatic carbocycles. The topological polar surface area (TPSA) is 58.2 Å². The van der Waals surface area contributed by atoms with Gasteiger partial charge in [-0.25, -0.2) is 9.18 Å². The minimum Gasteiger partial charge on any atom is -0.330 e. The monoisotopic (exact) mass is 320 g/mol. The molecule has 22 heavy (non-hydrogen) atoms. The molecule has 0 radical (unpaired) electrons. The molecule has 0 aliphatic carbocycles. The van der Waals surface area contributed by atoms with Crippen molar-refractivity contribution in [2.75, 3.05) is 17.3 Å². The first-order valence-electron chi connectivity index (χ1n) is 6.73. The summed E-state index contributed by atoms with van der Waals surface area (Å²) in [6.45, 7) is 0. The second-order valence-electron chi connectivity index (χ2n) is 4.78. The zero-order valence-electron chi connectivity index (χ0n) is 12.1. The van der Waals surface area contributed by atoms with Crippen molar-refractivity contribution < 1.29 is 13.4 Å². The average molecular weight is 320 g/mol. The molecule has 2 rings (SSSR count). The lowest BCUT2D eigenvalue weighted by atomic mass is 10.1. The number of amides is 2. The van der Waals surface area contributed by atoms with Crippen molar-refractivity contribution in [2.24, 2.45) is 0 Å². The van der Waals surface area contributed by atoms with Gasteiger partial charge in [-0.05, 0) is 17.7 Å². The van der Waals surface area contributed by atoms with E-state index in [9.17, 15) is 13.4 Å². The highest BCUT2D eigenvalue weighted by atomic mass is 32.2. The highest BCUT2D eigenvalue weighted by Crippen LogP contribution is 2.15. The number of carbonyl (C=O) groups excluding carboxylic acids is 1. The number of nitrogens with one attached hydrogen (secondary N) is 2. The zero-order valence-corrected chi connectivity index (χ0v) is 12.9. The summed E-state index contributed by atoms with van der Waals surface area (Å²) in [6.07, 6.45) is 1.58. The maximum Gasteiger partial charge on any atom is 0.319 e. The standard InChI is InChI=1S/C16H17FN2O2S/c1-22(21)11-15(12-7-3-2-4-8-12)19-16(20)18-14-10-6-5-9-13(14)17/h2-10,15H,11H2,1H3,(H2,18,19,20)/t15-,22-/m1/s1. The first kappa shape index (κ1) is 16.2. The van der Waals surface area contributed by atoms with Gasteiger partial charge < -0.3 is 10.6 Å². The van der Waals surface area contributed by atoms with E-state index in [4.69, 9.17) is 0 Å². The van der Waals surface area contributed by atoms with Crippen LogP contribution in [0.25, 0.3) is 0 Å². The third-order valence-electron chi connectivity index (χ3n) is 3.03. The van der Waals surface area contributed by atoms with Crippen LogP contribution in [0.15, 0.2) is 54.6 Å². The molecular formula is C16H17FN2O2S. The molecule has 0 aliphatic heterocycles. The van der Waals surface area contributed by atoms with Crippen molar-refractivity contribution >= 4 is 22.5 Å². The molecule has 2 atom stereocenters. The van der Waals surface area contributed by atoms with E-state index in [-0.39, 0.29) is 11.4 Å². The Kier molecular flexibility index (Phi) is 5.66. The predicted molar refractivity (Wildman–Crippen MR) is 86.7 cm³/mol. The second kappa shape index (κ2) is 7.70. The van der Waals surface area contributed by atoms with Crippen LogP contribution in [0.4, 0.5) is 14.9 Å². The molecule has 0 spiro atoms. The Balaban J connectivity index is 2.08. The van der Waals surface area contributed by atoms with Crippen LogP contribution in [-0.2, 0) is 10.8 Å². The first-order valence-corrected chi connectivity index (χ1v) is 8.46. The van der Waals surface area contributed by atoms with E-state index in [0.29, 0.717) is 0 Å². The fraction of sp³-hybridized carbons (Fsp3) is 0.188. The van der Waals surface area contributed by atoms with Crippen molar-refractivity contribution in [1.29, 1.82) is 0 Å². The summed E-state index contributed by atoms with van der Waals surface area (Å²) >= 11 is 0. The quantitative estimate of drug-likeness (QED) is 0.889. The summed E-state index contributed by atoms with van der Waals surface area (Å²) in [5, 5.41) is 5.19. The number of hydrogen-bond acceptors (Lipinski definition) is 2. The van der Waals surface area contributed by atoms with Crippen LogP contribution in [0.3, 0.4) is 0 Å². The molecule has 0 heterocycles. The van der Waals surface area contributed by atoms with E-state index in [1.54, 1.807) is 18.4 Å². The van der Waals surface area contributed by atoms with Gasteiger partial charge in [-0.2, -0.15) is 0 Å². The highest BCUT2D eigenvalue weighted by molar-refractivity contribution is 7.84. The van der Waals surface area contributed by atoms with Crippen LogP contribution in [0.2, 0.25) is 0 Å². The molecule has 0 fully saturated rings. The molecule has 2 N–H and O–H groups in total. The summed E-state index contributed by atoms with van der Waals surface area (Å²) in [5.41, 5.74) is 0.950. The summed E-state index contributed by atoms with van der Waals surface area (Å²) in [6, 6.07) is 14.2. The van der Waals surface area contributed by atoms with Gasteiger partial charge in [0.05, 0.1) is 11.7 Å². The molecule has 0 aliphatic rings. The summed E-state index contributed by atoms with van der Waals surface area (Å²) in [7, 11) is -1.08. The third kappa shape index (κ3) is 4.66. The molecule has 116 valence electrons. The van der Waals surface area contributed by atoms with E-state index in [0.717, 1.165) is 5.56 Å². The maximum atomic E-state index is 13.5. The van der Waals surface area contributed by atoms with E-state index in [1.165, 1.54) is 12.1 Å². The molecule has 4 nitrogen and oxygen atoms in total. The number of benzene rings is 2. The molecule has 2 aromatic rings. The Hall–Kier alpha value is -2.21. The van der Waals surface area contributed by atoms with Gasteiger partial charge in [0.2, 0.25) is 0 Å². The summed E-state index contributed by atoms with van der Waals surface area (Å²) in [4.78, 5) is 12.0. The van der Waals surface area contributed by atoms with Crippen LogP contribution in [0.1, 0.15) is 11.6 Å². The Morgan fingerprint density at radius 1 is 1.14 bits per heavy atom. The molecular weight excluding hydrogens is 303 g/mol. The number of anilines is 1. The smallest absolute Gasteiger partial charge is 0.319 e. The predicted octanol–water partition coefficient (Wildman–Crippen LogP) is 3.07. The molecule has 0 saturated heterocycles. The average Bonchev–Trinajstić information content (AvgIpc) is 2.49. The van der Waals surface area contributed by atoms with E-state index in [2.05, 4.69) is 10.6 Å². The van der Waals surface area contributed by atoms with Crippen LogP contribution in [0, 0.1) is 5.82 Å². The molecule has 2 amide bonds. The lowest BCUT2D eigenvalue weighted by Gasteiger charge is -2.18. The first-order chi connectivity index (χ1) is 10.6. The summed E-state index contributed by atoms with van der Waals surface area (Å²) < 4.78 is 25.0. The van der Waals surface area contributed by atoms with E-state index < -0.39 is 28.7 Å². The third-order valence-corrected chi connectivity index (χ3v) is 3.83. The van der Waals surface area contributed by atoms with Gasteiger partial charge in [-0.15, -0.1) is 0 Å². The number of carbonyl (C=O) groups is 1. The van der Waals surface area contributed by atoms with Crippen molar-refractivity contribution in [3.63, 3.8) is 0 Å². The van der Waals surface area contributed by atoms with E-state index in [1.807, 2.05) is 30.3 Å². The van der Waals surface area contributed by atoms with Crippen LogP contribution in [0.5, 0.6) is 0 Å².